The van der Waals surface area contributed by atoms with E-state index in [1.807, 2.05) is 0 Å². The van der Waals surface area contributed by atoms with Crippen LogP contribution in [0.5, 0.6) is 5.75 Å². The normalized spacial score (nSPS) is 18.7. The first kappa shape index (κ1) is 13.3. The van der Waals surface area contributed by atoms with Crippen LogP contribution >= 0.6 is 34.8 Å². The quantitative estimate of drug-likeness (QED) is 0.831. The lowest BCUT2D eigenvalue weighted by atomic mass is 10.00. The minimum Gasteiger partial charge on any atom is -0.492 e. The van der Waals surface area contributed by atoms with Crippen LogP contribution in [0.3, 0.4) is 0 Å². The molecule has 0 spiro atoms. The van der Waals surface area contributed by atoms with E-state index >= 15 is 0 Å². The van der Waals surface area contributed by atoms with Crippen molar-refractivity contribution < 1.29 is 4.74 Å². The Labute approximate surface area is 116 Å². The zero-order chi connectivity index (χ0) is 12.4. The van der Waals surface area contributed by atoms with Gasteiger partial charge in [0.05, 0.1) is 21.7 Å². The van der Waals surface area contributed by atoms with Crippen LogP contribution in [-0.4, -0.2) is 13.2 Å². The Balaban J connectivity index is 2.41. The fraction of sp³-hybridized carbons (Fsp3) is 0.500. The van der Waals surface area contributed by atoms with E-state index in [1.165, 1.54) is 0 Å². The van der Waals surface area contributed by atoms with Crippen LogP contribution in [0.2, 0.25) is 15.1 Å². The smallest absolute Gasteiger partial charge is 0.144 e. The average Bonchev–Trinajstić information content (AvgIpc) is 2.33. The number of halogens is 3. The van der Waals surface area contributed by atoms with Crippen molar-refractivity contribution >= 4 is 34.8 Å². The molecule has 2 rings (SSSR count). The molecule has 1 aromatic carbocycles. The van der Waals surface area contributed by atoms with Crippen molar-refractivity contribution in [2.75, 3.05) is 13.2 Å². The van der Waals surface area contributed by atoms with Crippen LogP contribution in [0.1, 0.15) is 31.4 Å². The summed E-state index contributed by atoms with van der Waals surface area (Å²) >= 11 is 18.4. The summed E-state index contributed by atoms with van der Waals surface area (Å²) in [6.45, 7) is 3.70. The highest BCUT2D eigenvalue weighted by molar-refractivity contribution is 6.44. The first-order valence-corrected chi connectivity index (χ1v) is 6.82. The Morgan fingerprint density at radius 2 is 2.12 bits per heavy atom. The van der Waals surface area contributed by atoms with Gasteiger partial charge < -0.3 is 10.1 Å². The highest BCUT2D eigenvalue weighted by Crippen LogP contribution is 2.45. The molecule has 1 aliphatic rings. The lowest BCUT2D eigenvalue weighted by Crippen LogP contribution is -2.28. The third-order valence-corrected chi connectivity index (χ3v) is 3.89. The van der Waals surface area contributed by atoms with Crippen LogP contribution in [0.4, 0.5) is 0 Å². The molecule has 1 aromatic rings. The lowest BCUT2D eigenvalue weighted by molar-refractivity contribution is 0.253. The molecule has 17 heavy (non-hydrogen) atoms. The molecule has 0 aromatic heterocycles. The summed E-state index contributed by atoms with van der Waals surface area (Å²) < 4.78 is 5.59. The Morgan fingerprint density at radius 3 is 2.82 bits per heavy atom. The lowest BCUT2D eigenvalue weighted by Gasteiger charge is -2.28. The van der Waals surface area contributed by atoms with Gasteiger partial charge in [-0.2, -0.15) is 0 Å². The van der Waals surface area contributed by atoms with Crippen LogP contribution < -0.4 is 10.1 Å². The zero-order valence-corrected chi connectivity index (χ0v) is 11.8. The van der Waals surface area contributed by atoms with E-state index in [-0.39, 0.29) is 6.04 Å². The van der Waals surface area contributed by atoms with E-state index in [1.54, 1.807) is 6.07 Å². The summed E-state index contributed by atoms with van der Waals surface area (Å²) in [6.07, 6.45) is 1.95. The molecule has 94 valence electrons. The highest BCUT2D eigenvalue weighted by atomic mass is 35.5. The molecule has 1 aliphatic heterocycles. The monoisotopic (exact) mass is 293 g/mol. The van der Waals surface area contributed by atoms with Crippen LogP contribution in [0.15, 0.2) is 6.07 Å². The van der Waals surface area contributed by atoms with Crippen LogP contribution in [0.25, 0.3) is 0 Å². The van der Waals surface area contributed by atoms with Crippen molar-refractivity contribution in [1.29, 1.82) is 0 Å². The second kappa shape index (κ2) is 5.66. The topological polar surface area (TPSA) is 21.3 Å². The van der Waals surface area contributed by atoms with Gasteiger partial charge in [0.25, 0.3) is 0 Å². The molecule has 0 radical (unpaired) electrons. The first-order valence-electron chi connectivity index (χ1n) is 5.68. The second-order valence-corrected chi connectivity index (χ2v) is 5.23. The molecule has 0 fully saturated rings. The van der Waals surface area contributed by atoms with Gasteiger partial charge >= 0.3 is 0 Å². The fourth-order valence-electron chi connectivity index (χ4n) is 2.00. The van der Waals surface area contributed by atoms with E-state index in [0.29, 0.717) is 27.4 Å². The molecule has 1 heterocycles. The predicted octanol–water partition coefficient (Wildman–Crippen LogP) is 4.47. The summed E-state index contributed by atoms with van der Waals surface area (Å²) in [6, 6.07) is 1.80. The van der Waals surface area contributed by atoms with Gasteiger partial charge in [-0.05, 0) is 19.0 Å². The molecule has 1 N–H and O–H groups in total. The van der Waals surface area contributed by atoms with Crippen molar-refractivity contribution in [3.05, 3.63) is 26.7 Å². The Bertz CT molecular complexity index is 423. The number of hydrogen-bond acceptors (Lipinski definition) is 2. The summed E-state index contributed by atoms with van der Waals surface area (Å²) in [5, 5.41) is 4.98. The number of ether oxygens (including phenoxy) is 1. The van der Waals surface area contributed by atoms with Crippen molar-refractivity contribution in [1.82, 2.24) is 5.32 Å². The van der Waals surface area contributed by atoms with Gasteiger partial charge in [-0.3, -0.25) is 0 Å². The molecule has 1 unspecified atom stereocenters. The third-order valence-electron chi connectivity index (χ3n) is 2.80. The number of hydrogen-bond donors (Lipinski definition) is 1. The van der Waals surface area contributed by atoms with Crippen LogP contribution in [-0.2, 0) is 0 Å². The van der Waals surface area contributed by atoms with Crippen molar-refractivity contribution in [3.63, 3.8) is 0 Å². The second-order valence-electron chi connectivity index (χ2n) is 4.04. The van der Waals surface area contributed by atoms with Gasteiger partial charge in [0.2, 0.25) is 0 Å². The molecule has 0 amide bonds. The molecule has 0 aliphatic carbocycles. The first-order chi connectivity index (χ1) is 8.15. The molecule has 0 saturated carbocycles. The van der Waals surface area contributed by atoms with Gasteiger partial charge in [-0.15, -0.1) is 0 Å². The van der Waals surface area contributed by atoms with Crippen LogP contribution in [0, 0.1) is 0 Å². The fourth-order valence-corrected chi connectivity index (χ4v) is 2.81. The van der Waals surface area contributed by atoms with Gasteiger partial charge in [-0.1, -0.05) is 41.7 Å². The summed E-state index contributed by atoms with van der Waals surface area (Å²) in [5.41, 5.74) is 0.892. The maximum atomic E-state index is 6.25. The molecule has 5 heteroatoms. The molecule has 2 nitrogen and oxygen atoms in total. The van der Waals surface area contributed by atoms with E-state index in [9.17, 15) is 0 Å². The molecular weight excluding hydrogens is 280 g/mol. The van der Waals surface area contributed by atoms with Crippen molar-refractivity contribution in [2.24, 2.45) is 0 Å². The molecular formula is C12H14Cl3NO. The number of nitrogens with one attached hydrogen (secondary N) is 1. The van der Waals surface area contributed by atoms with Crippen molar-refractivity contribution in [3.8, 4) is 5.75 Å². The van der Waals surface area contributed by atoms with E-state index in [2.05, 4.69) is 12.2 Å². The zero-order valence-electron chi connectivity index (χ0n) is 9.53. The van der Waals surface area contributed by atoms with Gasteiger partial charge in [-0.25, -0.2) is 0 Å². The van der Waals surface area contributed by atoms with Gasteiger partial charge in [0.1, 0.15) is 5.75 Å². The molecule has 0 saturated heterocycles. The van der Waals surface area contributed by atoms with Gasteiger partial charge in [0, 0.05) is 18.0 Å². The highest BCUT2D eigenvalue weighted by Gasteiger charge is 2.27. The van der Waals surface area contributed by atoms with Gasteiger partial charge in [0.15, 0.2) is 0 Å². The average molecular weight is 295 g/mol. The Morgan fingerprint density at radius 1 is 1.35 bits per heavy atom. The number of fused-ring (bicyclic) bond motifs is 1. The SMILES string of the molecule is CCCNC1CCOc2c(Cl)cc(Cl)c(Cl)c21. The van der Waals surface area contributed by atoms with E-state index < -0.39 is 0 Å². The Kier molecular flexibility index (Phi) is 4.42. The molecule has 1 atom stereocenters. The third kappa shape index (κ3) is 2.65. The maximum absolute atomic E-state index is 6.25. The number of benzene rings is 1. The largest absolute Gasteiger partial charge is 0.492 e. The van der Waals surface area contributed by atoms with Crippen molar-refractivity contribution in [2.45, 2.75) is 25.8 Å². The number of rotatable bonds is 3. The predicted molar refractivity (Wildman–Crippen MR) is 72.6 cm³/mol. The minimum atomic E-state index is 0.169. The minimum absolute atomic E-state index is 0.169. The standard InChI is InChI=1S/C12H14Cl3NO/c1-2-4-16-9-3-5-17-12-8(14)6-7(13)11(15)10(9)12/h6,9,16H,2-5H2,1H3. The Hall–Kier alpha value is -0.150. The summed E-state index contributed by atoms with van der Waals surface area (Å²) in [4.78, 5) is 0. The van der Waals surface area contributed by atoms with E-state index in [4.69, 9.17) is 39.5 Å². The maximum Gasteiger partial charge on any atom is 0.144 e. The summed E-state index contributed by atoms with van der Waals surface area (Å²) in [5.74, 6) is 0.668. The molecule has 0 bridgehead atoms. The van der Waals surface area contributed by atoms with E-state index in [0.717, 1.165) is 24.9 Å². The summed E-state index contributed by atoms with van der Waals surface area (Å²) in [7, 11) is 0.